The highest BCUT2D eigenvalue weighted by Crippen LogP contribution is 2.29. The van der Waals surface area contributed by atoms with Crippen molar-refractivity contribution in [2.75, 3.05) is 12.4 Å². The van der Waals surface area contributed by atoms with Crippen molar-refractivity contribution in [3.05, 3.63) is 29.3 Å². The van der Waals surface area contributed by atoms with Crippen LogP contribution in [-0.4, -0.2) is 31.2 Å². The third-order valence-electron chi connectivity index (χ3n) is 3.44. The van der Waals surface area contributed by atoms with E-state index in [-0.39, 0.29) is 10.9 Å². The molecule has 0 bridgehead atoms. The van der Waals surface area contributed by atoms with Crippen molar-refractivity contribution in [1.29, 1.82) is 0 Å². The summed E-state index contributed by atoms with van der Waals surface area (Å²) in [5, 5.41) is 0.429. The first-order chi connectivity index (χ1) is 9.05. The third kappa shape index (κ3) is 3.43. The molecule has 0 heterocycles. The molecule has 1 aliphatic carbocycles. The van der Waals surface area contributed by atoms with Crippen LogP contribution >= 0.6 is 23.2 Å². The van der Waals surface area contributed by atoms with Crippen LogP contribution in [0.5, 0.6) is 0 Å². The molecule has 1 fully saturated rings. The zero-order valence-corrected chi connectivity index (χ0v) is 12.9. The molecule has 1 aliphatic rings. The number of alkyl halides is 1. The second-order valence-corrected chi connectivity index (χ2v) is 7.41. The van der Waals surface area contributed by atoms with Gasteiger partial charge in [-0.1, -0.05) is 30.5 Å². The van der Waals surface area contributed by atoms with Gasteiger partial charge in [0.1, 0.15) is 0 Å². The monoisotopic (exact) mass is 321 g/mol. The van der Waals surface area contributed by atoms with E-state index in [4.69, 9.17) is 23.2 Å². The fourth-order valence-corrected chi connectivity index (χ4v) is 4.81. The molecule has 1 aromatic carbocycles. The van der Waals surface area contributed by atoms with E-state index in [1.807, 2.05) is 0 Å². The van der Waals surface area contributed by atoms with Gasteiger partial charge < -0.3 is 0 Å². The van der Waals surface area contributed by atoms with Crippen molar-refractivity contribution in [3.8, 4) is 0 Å². The Bertz CT molecular complexity index is 527. The maximum Gasteiger partial charge on any atom is 0.243 e. The fraction of sp³-hybridized carbons (Fsp3) is 0.538. The molecule has 0 amide bonds. The highest BCUT2D eigenvalue weighted by atomic mass is 35.5. The van der Waals surface area contributed by atoms with Gasteiger partial charge in [-0.25, -0.2) is 8.42 Å². The predicted molar refractivity (Wildman–Crippen MR) is 78.3 cm³/mol. The van der Waals surface area contributed by atoms with Crippen LogP contribution in [0.1, 0.15) is 25.7 Å². The lowest BCUT2D eigenvalue weighted by Crippen LogP contribution is -2.40. The number of halogens is 2. The second kappa shape index (κ2) is 6.44. The van der Waals surface area contributed by atoms with Gasteiger partial charge in [0.15, 0.2) is 0 Å². The normalized spacial score (nSPS) is 17.2. The van der Waals surface area contributed by atoms with E-state index in [0.717, 1.165) is 25.7 Å². The van der Waals surface area contributed by atoms with E-state index in [0.29, 0.717) is 17.4 Å². The molecule has 0 aliphatic heterocycles. The Balaban J connectivity index is 2.33. The molecule has 106 valence electrons. The predicted octanol–water partition coefficient (Wildman–Crippen LogP) is 3.51. The maximum atomic E-state index is 12.7. The topological polar surface area (TPSA) is 37.4 Å². The lowest BCUT2D eigenvalue weighted by atomic mass is 10.2. The smallest absolute Gasteiger partial charge is 0.207 e. The molecule has 19 heavy (non-hydrogen) atoms. The van der Waals surface area contributed by atoms with E-state index in [9.17, 15) is 8.42 Å². The number of sulfonamides is 1. The minimum atomic E-state index is -3.50. The Morgan fingerprint density at radius 3 is 2.53 bits per heavy atom. The van der Waals surface area contributed by atoms with Gasteiger partial charge >= 0.3 is 0 Å². The standard InChI is InChI=1S/C13H17Cl2NO2S/c14-8-9-16(12-5-1-2-6-12)19(17,18)13-7-3-4-11(15)10-13/h3-4,7,10,12H,1-2,5-6,8-9H2. The zero-order chi connectivity index (χ0) is 13.9. The van der Waals surface area contributed by atoms with E-state index in [1.165, 1.54) is 6.07 Å². The first kappa shape index (κ1) is 15.1. The van der Waals surface area contributed by atoms with E-state index >= 15 is 0 Å². The van der Waals surface area contributed by atoms with Gasteiger partial charge in [-0.15, -0.1) is 11.6 Å². The van der Waals surface area contributed by atoms with Crippen molar-refractivity contribution in [3.63, 3.8) is 0 Å². The summed E-state index contributed by atoms with van der Waals surface area (Å²) in [5.74, 6) is 0.302. The molecule has 0 saturated heterocycles. The number of nitrogens with zero attached hydrogens (tertiary/aromatic N) is 1. The Kier molecular flexibility index (Phi) is 5.12. The molecule has 0 spiro atoms. The van der Waals surface area contributed by atoms with Crippen LogP contribution in [0.15, 0.2) is 29.2 Å². The average molecular weight is 322 g/mol. The van der Waals surface area contributed by atoms with Crippen molar-refractivity contribution >= 4 is 33.2 Å². The fourth-order valence-electron chi connectivity index (χ4n) is 2.54. The molecule has 1 saturated carbocycles. The molecular weight excluding hydrogens is 305 g/mol. The molecule has 2 rings (SSSR count). The molecule has 3 nitrogen and oxygen atoms in total. The summed E-state index contributed by atoms with van der Waals surface area (Å²) in [4.78, 5) is 0.247. The van der Waals surface area contributed by atoms with Crippen LogP contribution < -0.4 is 0 Å². The van der Waals surface area contributed by atoms with Crippen molar-refractivity contribution < 1.29 is 8.42 Å². The lowest BCUT2D eigenvalue weighted by Gasteiger charge is -2.27. The van der Waals surface area contributed by atoms with Gasteiger partial charge in [0.05, 0.1) is 4.90 Å². The first-order valence-electron chi connectivity index (χ1n) is 6.39. The molecule has 0 aromatic heterocycles. The van der Waals surface area contributed by atoms with Crippen LogP contribution in [0.4, 0.5) is 0 Å². The van der Waals surface area contributed by atoms with Crippen LogP contribution in [0.3, 0.4) is 0 Å². The molecule has 0 N–H and O–H groups in total. The molecular formula is C13H17Cl2NO2S. The minimum absolute atomic E-state index is 0.0720. The molecule has 1 aromatic rings. The highest BCUT2D eigenvalue weighted by molar-refractivity contribution is 7.89. The van der Waals surface area contributed by atoms with Gasteiger partial charge in [-0.05, 0) is 31.0 Å². The van der Waals surface area contributed by atoms with Crippen LogP contribution in [-0.2, 0) is 10.0 Å². The van der Waals surface area contributed by atoms with E-state index in [2.05, 4.69) is 0 Å². The molecule has 6 heteroatoms. The van der Waals surface area contributed by atoms with Crippen molar-refractivity contribution in [2.45, 2.75) is 36.6 Å². The number of hydrogen-bond donors (Lipinski definition) is 0. The Hall–Kier alpha value is -0.290. The van der Waals surface area contributed by atoms with Gasteiger partial charge in [0, 0.05) is 23.5 Å². The highest BCUT2D eigenvalue weighted by Gasteiger charge is 2.32. The van der Waals surface area contributed by atoms with Gasteiger partial charge in [-0.2, -0.15) is 4.31 Å². The lowest BCUT2D eigenvalue weighted by molar-refractivity contribution is 0.337. The minimum Gasteiger partial charge on any atom is -0.207 e. The summed E-state index contributed by atoms with van der Waals surface area (Å²) < 4.78 is 26.9. The van der Waals surface area contributed by atoms with Crippen LogP contribution in [0.25, 0.3) is 0 Å². The molecule has 0 unspecified atom stereocenters. The van der Waals surface area contributed by atoms with Gasteiger partial charge in [-0.3, -0.25) is 0 Å². The van der Waals surface area contributed by atoms with Crippen molar-refractivity contribution in [2.24, 2.45) is 0 Å². The van der Waals surface area contributed by atoms with E-state index in [1.54, 1.807) is 22.5 Å². The number of hydrogen-bond acceptors (Lipinski definition) is 2. The second-order valence-electron chi connectivity index (χ2n) is 4.70. The van der Waals surface area contributed by atoms with Gasteiger partial charge in [0.25, 0.3) is 0 Å². The van der Waals surface area contributed by atoms with E-state index < -0.39 is 10.0 Å². The Morgan fingerprint density at radius 2 is 1.95 bits per heavy atom. The summed E-state index contributed by atoms with van der Waals surface area (Å²) in [5.41, 5.74) is 0. The van der Waals surface area contributed by atoms with Crippen LogP contribution in [0, 0.1) is 0 Å². The quantitative estimate of drug-likeness (QED) is 0.778. The summed E-state index contributed by atoms with van der Waals surface area (Å²) in [6.07, 6.45) is 3.98. The molecule has 0 radical (unpaired) electrons. The summed E-state index contributed by atoms with van der Waals surface area (Å²) in [6, 6.07) is 6.47. The Morgan fingerprint density at radius 1 is 1.26 bits per heavy atom. The van der Waals surface area contributed by atoms with Crippen molar-refractivity contribution in [1.82, 2.24) is 4.31 Å². The maximum absolute atomic E-state index is 12.7. The first-order valence-corrected chi connectivity index (χ1v) is 8.74. The summed E-state index contributed by atoms with van der Waals surface area (Å²) in [6.45, 7) is 0.348. The van der Waals surface area contributed by atoms with Gasteiger partial charge in [0.2, 0.25) is 10.0 Å². The Labute approximate surface area is 124 Å². The summed E-state index contributed by atoms with van der Waals surface area (Å²) in [7, 11) is -3.50. The van der Waals surface area contributed by atoms with Crippen LogP contribution in [0.2, 0.25) is 5.02 Å². The zero-order valence-electron chi connectivity index (χ0n) is 10.6. The largest absolute Gasteiger partial charge is 0.243 e. The third-order valence-corrected chi connectivity index (χ3v) is 5.79. The number of benzene rings is 1. The molecule has 0 atom stereocenters. The number of rotatable bonds is 5. The average Bonchev–Trinajstić information content (AvgIpc) is 2.89. The summed E-state index contributed by atoms with van der Waals surface area (Å²) >= 11 is 11.7. The SMILES string of the molecule is O=S(=O)(c1cccc(Cl)c1)N(CCCl)C1CCCC1.